The van der Waals surface area contributed by atoms with E-state index in [0.29, 0.717) is 10.4 Å². The molecule has 8 nitrogen and oxygen atoms in total. The zero-order chi connectivity index (χ0) is 12.4. The molecule has 0 aliphatic heterocycles. The fourth-order valence-corrected chi connectivity index (χ4v) is 1.26. The first-order valence-corrected chi connectivity index (χ1v) is 4.56. The summed E-state index contributed by atoms with van der Waals surface area (Å²) in [7, 11) is 0. The molecule has 0 aliphatic carbocycles. The van der Waals surface area contributed by atoms with Crippen molar-refractivity contribution in [2.45, 2.75) is 13.0 Å². The maximum absolute atomic E-state index is 13.0. The van der Waals surface area contributed by atoms with Crippen LogP contribution in [-0.2, 0) is 13.0 Å². The van der Waals surface area contributed by atoms with Crippen LogP contribution in [0.2, 0.25) is 0 Å². The summed E-state index contributed by atoms with van der Waals surface area (Å²) >= 11 is 0. The molecule has 17 heavy (non-hydrogen) atoms. The smallest absolute Gasteiger partial charge is 0.331 e. The predicted octanol–water partition coefficient (Wildman–Crippen LogP) is -0.993. The van der Waals surface area contributed by atoms with E-state index in [1.807, 2.05) is 0 Å². The third-order valence-electron chi connectivity index (χ3n) is 2.08. The lowest BCUT2D eigenvalue weighted by molar-refractivity contribution is 0.357. The van der Waals surface area contributed by atoms with Gasteiger partial charge in [-0.3, -0.25) is 14.3 Å². The number of aromatic nitrogens is 4. The van der Waals surface area contributed by atoms with Gasteiger partial charge in [0.05, 0.1) is 0 Å². The normalized spacial score (nSPS) is 10.6. The molecule has 9 heteroatoms. The number of nitrogens with one attached hydrogen (secondary N) is 1. The molecule has 0 radical (unpaired) electrons. The Morgan fingerprint density at radius 1 is 1.53 bits per heavy atom. The highest BCUT2D eigenvalue weighted by molar-refractivity contribution is 5.09. The Labute approximate surface area is 92.3 Å². The Hall–Kier alpha value is -2.45. The van der Waals surface area contributed by atoms with Crippen molar-refractivity contribution >= 4 is 0 Å². The van der Waals surface area contributed by atoms with Crippen molar-refractivity contribution in [2.24, 2.45) is 0 Å². The van der Waals surface area contributed by atoms with Crippen molar-refractivity contribution < 1.29 is 14.0 Å². The molecule has 2 rings (SSSR count). The second-order valence-corrected chi connectivity index (χ2v) is 3.15. The minimum atomic E-state index is -1.40. The van der Waals surface area contributed by atoms with Crippen LogP contribution >= 0.6 is 0 Å². The summed E-state index contributed by atoms with van der Waals surface area (Å²) in [5.74, 6) is -2.12. The molecule has 90 valence electrons. The Morgan fingerprint density at radius 3 is 2.94 bits per heavy atom. The van der Waals surface area contributed by atoms with E-state index in [-0.39, 0.29) is 13.0 Å². The lowest BCUT2D eigenvalue weighted by Gasteiger charge is -2.05. The first-order valence-electron chi connectivity index (χ1n) is 4.56. The SMILES string of the molecule is O=c1[nH]c(=O)n(CCc2ncon2)c(O)c1F. The highest BCUT2D eigenvalue weighted by atomic mass is 19.1. The number of hydrogen-bond donors (Lipinski definition) is 2. The summed E-state index contributed by atoms with van der Waals surface area (Å²) in [6.45, 7) is -0.0854. The maximum atomic E-state index is 13.0. The topological polar surface area (TPSA) is 114 Å². The summed E-state index contributed by atoms with van der Waals surface area (Å²) in [6, 6.07) is 0. The summed E-state index contributed by atoms with van der Waals surface area (Å²) < 4.78 is 18.2. The largest absolute Gasteiger partial charge is 0.492 e. The molecule has 2 aromatic rings. The average molecular weight is 242 g/mol. The lowest BCUT2D eigenvalue weighted by atomic mass is 10.4. The zero-order valence-corrected chi connectivity index (χ0v) is 8.38. The van der Waals surface area contributed by atoms with E-state index in [1.165, 1.54) is 0 Å². The van der Waals surface area contributed by atoms with Gasteiger partial charge in [0.1, 0.15) is 0 Å². The molecule has 0 amide bonds. The molecule has 0 bridgehead atoms. The van der Waals surface area contributed by atoms with Crippen LogP contribution in [0.15, 0.2) is 20.5 Å². The molecule has 2 N–H and O–H groups in total. The summed E-state index contributed by atoms with van der Waals surface area (Å²) in [6.07, 6.45) is 1.25. The van der Waals surface area contributed by atoms with Crippen molar-refractivity contribution in [3.8, 4) is 5.88 Å². The molecular formula is C8H7FN4O4. The molecule has 0 saturated carbocycles. The first kappa shape index (κ1) is 11.0. The van der Waals surface area contributed by atoms with Crippen molar-refractivity contribution in [3.05, 3.63) is 38.9 Å². The van der Waals surface area contributed by atoms with Gasteiger partial charge in [0.15, 0.2) is 5.82 Å². The van der Waals surface area contributed by atoms with E-state index >= 15 is 0 Å². The molecule has 0 spiro atoms. The fourth-order valence-electron chi connectivity index (χ4n) is 1.26. The lowest BCUT2D eigenvalue weighted by Crippen LogP contribution is -2.32. The van der Waals surface area contributed by atoms with Crippen molar-refractivity contribution in [2.75, 3.05) is 0 Å². The van der Waals surface area contributed by atoms with E-state index in [4.69, 9.17) is 0 Å². The Morgan fingerprint density at radius 2 is 2.29 bits per heavy atom. The van der Waals surface area contributed by atoms with Gasteiger partial charge in [-0.2, -0.15) is 9.37 Å². The Kier molecular flexibility index (Phi) is 2.73. The number of H-pyrrole nitrogens is 1. The standard InChI is InChI=1S/C8H7FN4O4/c9-5-6(14)11-8(16)13(7(5)15)2-1-4-10-3-17-12-4/h3,15H,1-2H2,(H,11,14,16). The van der Waals surface area contributed by atoms with Crippen LogP contribution in [0.1, 0.15) is 5.82 Å². The number of nitrogens with zero attached hydrogens (tertiary/aromatic N) is 3. The third kappa shape index (κ3) is 2.07. The van der Waals surface area contributed by atoms with Gasteiger partial charge < -0.3 is 9.63 Å². The van der Waals surface area contributed by atoms with Crippen LogP contribution < -0.4 is 11.2 Å². The van der Waals surface area contributed by atoms with Crippen LogP contribution in [0.3, 0.4) is 0 Å². The van der Waals surface area contributed by atoms with Gasteiger partial charge in [-0.05, 0) is 0 Å². The van der Waals surface area contributed by atoms with Gasteiger partial charge in [-0.15, -0.1) is 0 Å². The van der Waals surface area contributed by atoms with E-state index in [1.54, 1.807) is 4.98 Å². The third-order valence-corrected chi connectivity index (χ3v) is 2.08. The molecule has 0 atom stereocenters. The summed E-state index contributed by atoms with van der Waals surface area (Å²) in [4.78, 5) is 27.5. The molecule has 0 unspecified atom stereocenters. The van der Waals surface area contributed by atoms with Crippen LogP contribution in [0.4, 0.5) is 4.39 Å². The quantitative estimate of drug-likeness (QED) is 0.714. The van der Waals surface area contributed by atoms with Gasteiger partial charge in [0, 0.05) is 13.0 Å². The molecule has 0 aromatic carbocycles. The second-order valence-electron chi connectivity index (χ2n) is 3.15. The Balaban J connectivity index is 2.30. The van der Waals surface area contributed by atoms with Crippen molar-refractivity contribution in [3.63, 3.8) is 0 Å². The highest BCUT2D eigenvalue weighted by Crippen LogP contribution is 2.07. The zero-order valence-electron chi connectivity index (χ0n) is 8.38. The number of aryl methyl sites for hydroxylation is 1. The number of aromatic amines is 1. The van der Waals surface area contributed by atoms with E-state index in [2.05, 4.69) is 14.7 Å². The van der Waals surface area contributed by atoms with Crippen LogP contribution in [0, 0.1) is 5.82 Å². The minimum absolute atomic E-state index is 0.0854. The molecule has 0 fully saturated rings. The molecule has 2 aromatic heterocycles. The average Bonchev–Trinajstić information content (AvgIpc) is 2.79. The maximum Gasteiger partial charge on any atom is 0.331 e. The monoisotopic (exact) mass is 242 g/mol. The van der Waals surface area contributed by atoms with Gasteiger partial charge >= 0.3 is 5.69 Å². The van der Waals surface area contributed by atoms with E-state index in [0.717, 1.165) is 6.39 Å². The fraction of sp³-hybridized carbons (Fsp3) is 0.250. The summed E-state index contributed by atoms with van der Waals surface area (Å²) in [5.41, 5.74) is -2.17. The summed E-state index contributed by atoms with van der Waals surface area (Å²) in [5, 5.41) is 12.8. The van der Waals surface area contributed by atoms with E-state index in [9.17, 15) is 19.1 Å². The minimum Gasteiger partial charge on any atom is -0.492 e. The van der Waals surface area contributed by atoms with Crippen molar-refractivity contribution in [1.82, 2.24) is 19.7 Å². The second kappa shape index (κ2) is 4.20. The molecule has 0 saturated heterocycles. The number of rotatable bonds is 3. The van der Waals surface area contributed by atoms with Crippen LogP contribution in [0.25, 0.3) is 0 Å². The molecule has 2 heterocycles. The molecule has 0 aliphatic rings. The van der Waals surface area contributed by atoms with Gasteiger partial charge in [-0.25, -0.2) is 4.79 Å². The van der Waals surface area contributed by atoms with Crippen LogP contribution in [-0.4, -0.2) is 24.8 Å². The number of aromatic hydroxyl groups is 1. The van der Waals surface area contributed by atoms with Gasteiger partial charge in [-0.1, -0.05) is 5.16 Å². The predicted molar refractivity (Wildman–Crippen MR) is 50.9 cm³/mol. The van der Waals surface area contributed by atoms with E-state index < -0.39 is 22.9 Å². The number of halogens is 1. The number of hydrogen-bond acceptors (Lipinski definition) is 6. The first-order chi connectivity index (χ1) is 8.09. The van der Waals surface area contributed by atoms with Crippen molar-refractivity contribution in [1.29, 1.82) is 0 Å². The molecular weight excluding hydrogens is 235 g/mol. The van der Waals surface area contributed by atoms with Crippen LogP contribution in [0.5, 0.6) is 5.88 Å². The highest BCUT2D eigenvalue weighted by Gasteiger charge is 2.13. The Bertz CT molecular complexity index is 630. The van der Waals surface area contributed by atoms with Gasteiger partial charge in [0.2, 0.25) is 18.1 Å². The van der Waals surface area contributed by atoms with Gasteiger partial charge in [0.25, 0.3) is 5.56 Å².